The highest BCUT2D eigenvalue weighted by Gasteiger charge is 2.22. The van der Waals surface area contributed by atoms with E-state index in [2.05, 4.69) is 10.2 Å². The van der Waals surface area contributed by atoms with Crippen LogP contribution in [0.1, 0.15) is 41.3 Å². The van der Waals surface area contributed by atoms with Crippen LogP contribution in [0.25, 0.3) is 0 Å². The van der Waals surface area contributed by atoms with Gasteiger partial charge in [0.05, 0.1) is 5.69 Å². The molecular weight excluding hydrogens is 310 g/mol. The van der Waals surface area contributed by atoms with Crippen molar-refractivity contribution < 1.29 is 14.7 Å². The monoisotopic (exact) mass is 333 g/mol. The lowest BCUT2D eigenvalue weighted by molar-refractivity contribution is -0.137. The molecule has 2 aromatic rings. The van der Waals surface area contributed by atoms with E-state index < -0.39 is 5.97 Å². The Hall–Kier alpha value is -2.64. The lowest BCUT2D eigenvalue weighted by Crippen LogP contribution is -2.33. The molecular formula is C16H23N5O3. The fraction of sp³-hybridized carbons (Fsp3) is 0.500. The third kappa shape index (κ3) is 3.47. The molecule has 0 radical (unpaired) electrons. The molecule has 0 aromatic carbocycles. The van der Waals surface area contributed by atoms with E-state index in [1.54, 1.807) is 11.0 Å². The summed E-state index contributed by atoms with van der Waals surface area (Å²) in [7, 11) is 0. The first-order valence-corrected chi connectivity index (χ1v) is 7.94. The average molecular weight is 333 g/mol. The van der Waals surface area contributed by atoms with Gasteiger partial charge in [-0.1, -0.05) is 0 Å². The van der Waals surface area contributed by atoms with E-state index in [0.717, 1.165) is 23.5 Å². The van der Waals surface area contributed by atoms with Gasteiger partial charge in [0.2, 0.25) is 0 Å². The summed E-state index contributed by atoms with van der Waals surface area (Å²) >= 11 is 0. The van der Waals surface area contributed by atoms with Gasteiger partial charge in [0.25, 0.3) is 5.91 Å². The zero-order valence-corrected chi connectivity index (χ0v) is 14.5. The quantitative estimate of drug-likeness (QED) is 0.828. The van der Waals surface area contributed by atoms with Crippen LogP contribution in [0.15, 0.2) is 12.3 Å². The number of hydrogen-bond donors (Lipinski definition) is 1. The molecule has 0 aliphatic heterocycles. The lowest BCUT2D eigenvalue weighted by Gasteiger charge is -2.21. The van der Waals surface area contributed by atoms with Crippen LogP contribution < -0.4 is 0 Å². The Kier molecular flexibility index (Phi) is 5.38. The van der Waals surface area contributed by atoms with Gasteiger partial charge in [-0.2, -0.15) is 10.2 Å². The van der Waals surface area contributed by atoms with Crippen molar-refractivity contribution >= 4 is 11.9 Å². The third-order valence-corrected chi connectivity index (χ3v) is 4.07. The Morgan fingerprint density at radius 2 is 1.96 bits per heavy atom. The van der Waals surface area contributed by atoms with Crippen LogP contribution in [0.5, 0.6) is 0 Å². The number of carboxylic acids is 1. The Labute approximate surface area is 140 Å². The van der Waals surface area contributed by atoms with Crippen molar-refractivity contribution in [1.82, 2.24) is 24.5 Å². The Balaban J connectivity index is 2.26. The molecule has 1 N–H and O–H groups in total. The number of aryl methyl sites for hydroxylation is 2. The highest BCUT2D eigenvalue weighted by molar-refractivity contribution is 5.92. The van der Waals surface area contributed by atoms with Gasteiger partial charge < -0.3 is 10.0 Å². The van der Waals surface area contributed by atoms with Gasteiger partial charge in [-0.3, -0.25) is 14.3 Å². The smallest absolute Gasteiger partial charge is 0.325 e. The summed E-state index contributed by atoms with van der Waals surface area (Å²) in [6.07, 6.45) is 1.44. The first kappa shape index (κ1) is 17.7. The second-order valence-electron chi connectivity index (χ2n) is 5.55. The molecule has 24 heavy (non-hydrogen) atoms. The SMILES string of the molecule is CCN(Cc1c(C)nn(CC)c1C)C(=O)c1ccnn1CC(=O)O. The molecule has 0 fully saturated rings. The van der Waals surface area contributed by atoms with E-state index in [1.807, 2.05) is 32.4 Å². The van der Waals surface area contributed by atoms with Crippen LogP contribution in [0.4, 0.5) is 0 Å². The number of carbonyl (C=O) groups is 2. The second-order valence-corrected chi connectivity index (χ2v) is 5.55. The first-order valence-electron chi connectivity index (χ1n) is 7.94. The number of carboxylic acid groups (broad SMARTS) is 1. The van der Waals surface area contributed by atoms with Crippen molar-refractivity contribution in [3.8, 4) is 0 Å². The van der Waals surface area contributed by atoms with Crippen molar-refractivity contribution in [1.29, 1.82) is 0 Å². The standard InChI is InChI=1S/C16H23N5O3/c1-5-19(9-13-11(3)18-20(6-2)12(13)4)16(24)14-7-8-17-21(14)10-15(22)23/h7-8H,5-6,9-10H2,1-4H3,(H,22,23). The molecule has 0 unspecified atom stereocenters. The third-order valence-electron chi connectivity index (χ3n) is 4.07. The Morgan fingerprint density at radius 3 is 2.50 bits per heavy atom. The van der Waals surface area contributed by atoms with E-state index in [0.29, 0.717) is 13.1 Å². The van der Waals surface area contributed by atoms with Crippen LogP contribution in [-0.2, 0) is 24.4 Å². The Morgan fingerprint density at radius 1 is 1.25 bits per heavy atom. The summed E-state index contributed by atoms with van der Waals surface area (Å²) in [5.74, 6) is -1.27. The number of rotatable bonds is 7. The van der Waals surface area contributed by atoms with Gasteiger partial charge >= 0.3 is 5.97 Å². The van der Waals surface area contributed by atoms with Gasteiger partial charge in [-0.25, -0.2) is 4.68 Å². The van der Waals surface area contributed by atoms with Crippen LogP contribution in [0.3, 0.4) is 0 Å². The van der Waals surface area contributed by atoms with Crippen LogP contribution in [0.2, 0.25) is 0 Å². The summed E-state index contributed by atoms with van der Waals surface area (Å²) in [6, 6.07) is 1.54. The summed E-state index contributed by atoms with van der Waals surface area (Å²) in [4.78, 5) is 25.4. The van der Waals surface area contributed by atoms with Crippen LogP contribution in [0, 0.1) is 13.8 Å². The number of aromatic nitrogens is 4. The number of aliphatic carboxylic acids is 1. The predicted octanol–water partition coefficient (Wildman–Crippen LogP) is 1.46. The van der Waals surface area contributed by atoms with Crippen molar-refractivity contribution in [2.75, 3.05) is 6.54 Å². The second kappa shape index (κ2) is 7.29. The molecule has 8 heteroatoms. The van der Waals surface area contributed by atoms with Crippen molar-refractivity contribution in [3.05, 3.63) is 34.9 Å². The molecule has 0 saturated heterocycles. The average Bonchev–Trinajstić information content (AvgIpc) is 3.09. The van der Waals surface area contributed by atoms with E-state index in [9.17, 15) is 9.59 Å². The maximum atomic E-state index is 12.8. The molecule has 130 valence electrons. The molecule has 0 atom stereocenters. The zero-order chi connectivity index (χ0) is 17.9. The molecule has 2 heterocycles. The summed E-state index contributed by atoms with van der Waals surface area (Å²) < 4.78 is 3.13. The first-order chi connectivity index (χ1) is 11.4. The van der Waals surface area contributed by atoms with Crippen LogP contribution in [-0.4, -0.2) is 48.0 Å². The van der Waals surface area contributed by atoms with E-state index in [-0.39, 0.29) is 18.1 Å². The molecule has 8 nitrogen and oxygen atoms in total. The number of carbonyl (C=O) groups excluding carboxylic acids is 1. The van der Waals surface area contributed by atoms with Crippen molar-refractivity contribution in [2.24, 2.45) is 0 Å². The molecule has 2 aromatic heterocycles. The minimum atomic E-state index is -1.04. The minimum absolute atomic E-state index is 0.237. The summed E-state index contributed by atoms with van der Waals surface area (Å²) in [5.41, 5.74) is 3.24. The van der Waals surface area contributed by atoms with E-state index >= 15 is 0 Å². The molecule has 0 spiro atoms. The van der Waals surface area contributed by atoms with Gasteiger partial charge in [0.1, 0.15) is 12.2 Å². The largest absolute Gasteiger partial charge is 0.480 e. The maximum absolute atomic E-state index is 12.8. The predicted molar refractivity (Wildman–Crippen MR) is 87.7 cm³/mol. The highest BCUT2D eigenvalue weighted by atomic mass is 16.4. The lowest BCUT2D eigenvalue weighted by atomic mass is 10.1. The van der Waals surface area contributed by atoms with E-state index in [1.165, 1.54) is 10.9 Å². The highest BCUT2D eigenvalue weighted by Crippen LogP contribution is 2.17. The Bertz CT molecular complexity index is 747. The molecule has 0 bridgehead atoms. The van der Waals surface area contributed by atoms with Gasteiger partial charge in [0, 0.05) is 37.1 Å². The number of nitrogens with zero attached hydrogens (tertiary/aromatic N) is 5. The fourth-order valence-electron chi connectivity index (χ4n) is 2.72. The van der Waals surface area contributed by atoms with Crippen molar-refractivity contribution in [2.45, 2.75) is 47.3 Å². The normalized spacial score (nSPS) is 10.8. The fourth-order valence-corrected chi connectivity index (χ4v) is 2.72. The van der Waals surface area contributed by atoms with Gasteiger partial charge in [-0.15, -0.1) is 0 Å². The minimum Gasteiger partial charge on any atom is -0.480 e. The summed E-state index contributed by atoms with van der Waals surface area (Å²) in [5, 5.41) is 17.3. The number of hydrogen-bond acceptors (Lipinski definition) is 4. The van der Waals surface area contributed by atoms with Gasteiger partial charge in [-0.05, 0) is 33.8 Å². The van der Waals surface area contributed by atoms with E-state index in [4.69, 9.17) is 5.11 Å². The zero-order valence-electron chi connectivity index (χ0n) is 14.5. The maximum Gasteiger partial charge on any atom is 0.325 e. The van der Waals surface area contributed by atoms with Crippen LogP contribution >= 0.6 is 0 Å². The molecule has 2 rings (SSSR count). The topological polar surface area (TPSA) is 93.3 Å². The number of amides is 1. The van der Waals surface area contributed by atoms with Crippen molar-refractivity contribution in [3.63, 3.8) is 0 Å². The molecule has 0 saturated carbocycles. The molecule has 0 aliphatic rings. The van der Waals surface area contributed by atoms with Gasteiger partial charge in [0.15, 0.2) is 0 Å². The summed E-state index contributed by atoms with van der Waals surface area (Å²) in [6.45, 7) is 9.22. The molecule has 1 amide bonds. The molecule has 0 aliphatic carbocycles.